The summed E-state index contributed by atoms with van der Waals surface area (Å²) in [6.07, 6.45) is 0.729. The maximum absolute atomic E-state index is 12.9. The van der Waals surface area contributed by atoms with Crippen LogP contribution in [-0.2, 0) is 19.1 Å². The first-order valence-electron chi connectivity index (χ1n) is 9.52. The first kappa shape index (κ1) is 18.7. The van der Waals surface area contributed by atoms with Crippen LogP contribution in [0.2, 0.25) is 0 Å². The third-order valence-electron chi connectivity index (χ3n) is 5.34. The summed E-state index contributed by atoms with van der Waals surface area (Å²) in [5.41, 5.74) is 2.17. The number of esters is 1. The molecule has 0 saturated carbocycles. The van der Waals surface area contributed by atoms with Crippen molar-refractivity contribution in [2.75, 3.05) is 44.8 Å². The molecule has 2 aromatic rings. The monoisotopic (exact) mass is 388 g/mol. The minimum absolute atomic E-state index is 0.0719. The molecule has 1 amide bonds. The van der Waals surface area contributed by atoms with E-state index in [9.17, 15) is 9.59 Å². The fourth-order valence-corrected chi connectivity index (χ4v) is 3.74. The Morgan fingerprint density at radius 2 is 1.96 bits per heavy atom. The van der Waals surface area contributed by atoms with Crippen molar-refractivity contribution < 1.29 is 23.5 Å². The van der Waals surface area contributed by atoms with Gasteiger partial charge >= 0.3 is 5.97 Å². The fourth-order valence-electron chi connectivity index (χ4n) is 3.74. The van der Waals surface area contributed by atoms with Crippen LogP contribution >= 0.6 is 0 Å². The predicted octanol–water partition coefficient (Wildman–Crippen LogP) is 1.15. The van der Waals surface area contributed by atoms with E-state index in [2.05, 4.69) is 14.9 Å². The first-order valence-corrected chi connectivity index (χ1v) is 9.52. The van der Waals surface area contributed by atoms with E-state index in [4.69, 9.17) is 13.9 Å². The number of amides is 1. The molecule has 2 saturated heterocycles. The third kappa shape index (κ3) is 3.66. The van der Waals surface area contributed by atoms with Gasteiger partial charge in [-0.15, -0.1) is 0 Å². The molecule has 1 unspecified atom stereocenters. The van der Waals surface area contributed by atoms with Gasteiger partial charge in [-0.05, 0) is 31.9 Å². The number of piperidine rings is 1. The van der Waals surface area contributed by atoms with Crippen LogP contribution in [0.25, 0.3) is 11.2 Å². The molecule has 2 fully saturated rings. The molecule has 4 heterocycles. The molecule has 0 radical (unpaired) electrons. The molecule has 9 nitrogen and oxygen atoms in total. The SMILES string of the molecule is COC(=O)C1CN(C(=O)C2CCN(c3nc4nc(C)ccc4o3)CC2)CCO1. The van der Waals surface area contributed by atoms with Gasteiger partial charge in [0.15, 0.2) is 11.7 Å². The largest absolute Gasteiger partial charge is 0.467 e. The number of hydrogen-bond acceptors (Lipinski definition) is 8. The lowest BCUT2D eigenvalue weighted by atomic mass is 9.95. The fraction of sp³-hybridized carbons (Fsp3) is 0.579. The molecule has 2 aliphatic heterocycles. The highest BCUT2D eigenvalue weighted by atomic mass is 16.6. The molecule has 0 aliphatic carbocycles. The van der Waals surface area contributed by atoms with Crippen LogP contribution in [0.1, 0.15) is 18.5 Å². The summed E-state index contributed by atoms with van der Waals surface area (Å²) < 4.78 is 16.0. The smallest absolute Gasteiger partial charge is 0.336 e. The van der Waals surface area contributed by atoms with E-state index in [1.807, 2.05) is 19.1 Å². The van der Waals surface area contributed by atoms with Crippen molar-refractivity contribution >= 4 is 29.1 Å². The van der Waals surface area contributed by atoms with E-state index >= 15 is 0 Å². The zero-order valence-electron chi connectivity index (χ0n) is 16.1. The number of rotatable bonds is 3. The molecule has 2 aliphatic rings. The Bertz CT molecular complexity index is 874. The summed E-state index contributed by atoms with van der Waals surface area (Å²) >= 11 is 0. The number of anilines is 1. The molecule has 0 bridgehead atoms. The first-order chi connectivity index (χ1) is 13.5. The number of morpholine rings is 1. The van der Waals surface area contributed by atoms with E-state index in [0.29, 0.717) is 56.3 Å². The van der Waals surface area contributed by atoms with E-state index in [0.717, 1.165) is 5.69 Å². The van der Waals surface area contributed by atoms with Crippen LogP contribution < -0.4 is 4.90 Å². The number of nitrogens with zero attached hydrogens (tertiary/aromatic N) is 4. The van der Waals surface area contributed by atoms with Crippen molar-refractivity contribution in [1.82, 2.24) is 14.9 Å². The summed E-state index contributed by atoms with van der Waals surface area (Å²) in [5.74, 6) is -0.434. The third-order valence-corrected chi connectivity index (χ3v) is 5.34. The van der Waals surface area contributed by atoms with Crippen LogP contribution in [0.5, 0.6) is 0 Å². The van der Waals surface area contributed by atoms with Crippen LogP contribution in [-0.4, -0.2) is 72.7 Å². The minimum Gasteiger partial charge on any atom is -0.467 e. The lowest BCUT2D eigenvalue weighted by Gasteiger charge is -2.36. The molecule has 28 heavy (non-hydrogen) atoms. The Labute approximate surface area is 162 Å². The quantitative estimate of drug-likeness (QED) is 0.722. The van der Waals surface area contributed by atoms with E-state index < -0.39 is 12.1 Å². The number of ether oxygens (including phenoxy) is 2. The molecular formula is C19H24N4O5. The average Bonchev–Trinajstić information content (AvgIpc) is 3.16. The van der Waals surface area contributed by atoms with Gasteiger partial charge in [0.1, 0.15) is 0 Å². The van der Waals surface area contributed by atoms with Crippen molar-refractivity contribution in [3.05, 3.63) is 17.8 Å². The number of methoxy groups -OCH3 is 1. The van der Waals surface area contributed by atoms with Gasteiger partial charge in [-0.25, -0.2) is 9.78 Å². The Hall–Kier alpha value is -2.68. The number of fused-ring (bicyclic) bond motifs is 1. The maximum Gasteiger partial charge on any atom is 0.336 e. The van der Waals surface area contributed by atoms with Crippen molar-refractivity contribution in [3.8, 4) is 0 Å². The van der Waals surface area contributed by atoms with Crippen molar-refractivity contribution in [2.45, 2.75) is 25.9 Å². The minimum atomic E-state index is -0.696. The number of aromatic nitrogens is 2. The van der Waals surface area contributed by atoms with Gasteiger partial charge in [0, 0.05) is 31.2 Å². The van der Waals surface area contributed by atoms with Crippen LogP contribution in [0.3, 0.4) is 0 Å². The Kier molecular flexibility index (Phi) is 5.17. The van der Waals surface area contributed by atoms with Gasteiger partial charge in [0.25, 0.3) is 6.01 Å². The van der Waals surface area contributed by atoms with E-state index in [-0.39, 0.29) is 18.4 Å². The summed E-state index contributed by atoms with van der Waals surface area (Å²) in [6.45, 7) is 4.39. The second-order valence-electron chi connectivity index (χ2n) is 7.20. The molecule has 0 aromatic carbocycles. The molecule has 1 atom stereocenters. The molecule has 150 valence electrons. The second kappa shape index (κ2) is 7.75. The number of oxazole rings is 1. The summed E-state index contributed by atoms with van der Waals surface area (Å²) in [7, 11) is 1.32. The average molecular weight is 388 g/mol. The van der Waals surface area contributed by atoms with E-state index in [1.165, 1.54) is 7.11 Å². The normalized spacial score (nSPS) is 21.1. The molecule has 2 aromatic heterocycles. The molecule has 0 N–H and O–H groups in total. The highest BCUT2D eigenvalue weighted by Crippen LogP contribution is 2.27. The number of hydrogen-bond donors (Lipinski definition) is 0. The Balaban J connectivity index is 1.36. The summed E-state index contributed by atoms with van der Waals surface area (Å²) in [4.78, 5) is 37.2. The highest BCUT2D eigenvalue weighted by Gasteiger charge is 2.35. The summed E-state index contributed by atoms with van der Waals surface area (Å²) in [6, 6.07) is 4.32. The zero-order valence-corrected chi connectivity index (χ0v) is 16.1. The molecule has 0 spiro atoms. The maximum atomic E-state index is 12.9. The lowest BCUT2D eigenvalue weighted by Crippen LogP contribution is -2.51. The molecule has 9 heteroatoms. The number of pyridine rings is 1. The van der Waals surface area contributed by atoms with Crippen molar-refractivity contribution in [3.63, 3.8) is 0 Å². The van der Waals surface area contributed by atoms with Crippen molar-refractivity contribution in [1.29, 1.82) is 0 Å². The lowest BCUT2D eigenvalue weighted by molar-refractivity contribution is -0.163. The van der Waals surface area contributed by atoms with Crippen LogP contribution in [0.15, 0.2) is 16.5 Å². The highest BCUT2D eigenvalue weighted by molar-refractivity contribution is 5.81. The summed E-state index contributed by atoms with van der Waals surface area (Å²) in [5, 5.41) is 0. The van der Waals surface area contributed by atoms with Crippen LogP contribution in [0.4, 0.5) is 6.01 Å². The van der Waals surface area contributed by atoms with Gasteiger partial charge in [-0.1, -0.05) is 0 Å². The second-order valence-corrected chi connectivity index (χ2v) is 7.20. The van der Waals surface area contributed by atoms with Gasteiger partial charge < -0.3 is 23.7 Å². The van der Waals surface area contributed by atoms with E-state index in [1.54, 1.807) is 4.90 Å². The van der Waals surface area contributed by atoms with Gasteiger partial charge in [0.2, 0.25) is 11.6 Å². The molecule has 4 rings (SSSR count). The predicted molar refractivity (Wildman–Crippen MR) is 99.8 cm³/mol. The zero-order chi connectivity index (χ0) is 19.7. The van der Waals surface area contributed by atoms with Crippen LogP contribution in [0, 0.1) is 12.8 Å². The standard InChI is InChI=1S/C19H24N4O5/c1-12-3-4-14-16(20-12)21-19(28-14)22-7-5-13(6-8-22)17(24)23-9-10-27-15(11-23)18(25)26-2/h3-4,13,15H,5-11H2,1-2H3. The Morgan fingerprint density at radius 1 is 1.18 bits per heavy atom. The Morgan fingerprint density at radius 3 is 2.71 bits per heavy atom. The van der Waals surface area contributed by atoms with Crippen molar-refractivity contribution in [2.24, 2.45) is 5.92 Å². The van der Waals surface area contributed by atoms with Gasteiger partial charge in [0.05, 0.1) is 20.3 Å². The number of carbonyl (C=O) groups excluding carboxylic acids is 2. The van der Waals surface area contributed by atoms with Gasteiger partial charge in [-0.3, -0.25) is 4.79 Å². The topological polar surface area (TPSA) is 98.0 Å². The van der Waals surface area contributed by atoms with Gasteiger partial charge in [-0.2, -0.15) is 4.98 Å². The molecular weight excluding hydrogens is 364 g/mol. The number of carbonyl (C=O) groups is 2. The number of aryl methyl sites for hydroxylation is 1.